The lowest BCUT2D eigenvalue weighted by Crippen LogP contribution is -2.42. The van der Waals surface area contributed by atoms with Crippen LogP contribution in [0, 0.1) is 0 Å². The van der Waals surface area contributed by atoms with Crippen molar-refractivity contribution in [3.05, 3.63) is 16.7 Å². The van der Waals surface area contributed by atoms with E-state index in [1.165, 1.54) is 11.6 Å². The molecule has 0 bridgehead atoms. The summed E-state index contributed by atoms with van der Waals surface area (Å²) in [6.45, 7) is 1.29. The molecular weight excluding hydrogens is 234 g/mol. The molecule has 2 heterocycles. The number of carboxylic acids is 1. The highest BCUT2D eigenvalue weighted by atomic mass is 35.5. The van der Waals surface area contributed by atoms with E-state index in [1.54, 1.807) is 4.90 Å². The molecule has 0 aromatic carbocycles. The van der Waals surface area contributed by atoms with Crippen LogP contribution in [-0.2, 0) is 7.05 Å². The molecule has 1 aliphatic heterocycles. The zero-order chi connectivity index (χ0) is 11.9. The van der Waals surface area contributed by atoms with Crippen LogP contribution in [-0.4, -0.2) is 44.5 Å². The van der Waals surface area contributed by atoms with E-state index < -0.39 is 5.97 Å². The minimum absolute atomic E-state index is 0.00118. The Hall–Kier alpha value is -1.56. The number of likely N-dealkylation sites (tertiary alicyclic amines) is 1. The number of carbonyl (C=O) groups is 2. The van der Waals surface area contributed by atoms with Crippen molar-refractivity contribution in [3.63, 3.8) is 0 Å². The molecule has 0 radical (unpaired) electrons. The van der Waals surface area contributed by atoms with Crippen LogP contribution in [0.5, 0.6) is 0 Å². The predicted octanol–water partition coefficient (Wildman–Crippen LogP) is 0.618. The molecule has 2 rings (SSSR count). The number of rotatable bonds is 2. The molecule has 0 aliphatic carbocycles. The topological polar surface area (TPSA) is 75.4 Å². The van der Waals surface area contributed by atoms with E-state index in [2.05, 4.69) is 4.98 Å². The third kappa shape index (κ3) is 1.55. The highest BCUT2D eigenvalue weighted by Gasteiger charge is 2.30. The summed E-state index contributed by atoms with van der Waals surface area (Å²) in [5.41, 5.74) is -0.249. The van der Waals surface area contributed by atoms with Gasteiger partial charge in [0.1, 0.15) is 0 Å². The number of hydrogen-bond acceptors (Lipinski definition) is 3. The highest BCUT2D eigenvalue weighted by Crippen LogP contribution is 2.19. The molecule has 7 heteroatoms. The van der Waals surface area contributed by atoms with Crippen LogP contribution in [0.2, 0.25) is 5.28 Å². The van der Waals surface area contributed by atoms with Crippen molar-refractivity contribution in [2.24, 2.45) is 7.05 Å². The van der Waals surface area contributed by atoms with Gasteiger partial charge in [-0.2, -0.15) is 0 Å². The van der Waals surface area contributed by atoms with Gasteiger partial charge < -0.3 is 14.6 Å². The Labute approximate surface area is 96.4 Å². The second-order valence-corrected chi connectivity index (χ2v) is 3.93. The van der Waals surface area contributed by atoms with E-state index in [1.807, 2.05) is 0 Å². The standard InChI is InChI=1S/C9H10ClN3O3/c1-12-6(8(15)16)5(11-9(12)10)7(14)13-3-2-4-13/h2-4H2,1H3,(H,15,16). The first kappa shape index (κ1) is 10.9. The summed E-state index contributed by atoms with van der Waals surface area (Å²) in [5, 5.41) is 8.99. The number of carboxylic acid groups (broad SMARTS) is 1. The van der Waals surface area contributed by atoms with Gasteiger partial charge in [0.25, 0.3) is 5.91 Å². The Morgan fingerprint density at radius 3 is 2.50 bits per heavy atom. The molecule has 1 aromatic rings. The van der Waals surface area contributed by atoms with Crippen molar-refractivity contribution in [1.82, 2.24) is 14.5 Å². The van der Waals surface area contributed by atoms with E-state index in [4.69, 9.17) is 16.7 Å². The van der Waals surface area contributed by atoms with Crippen molar-refractivity contribution < 1.29 is 14.7 Å². The fraction of sp³-hybridized carbons (Fsp3) is 0.444. The molecule has 86 valence electrons. The molecule has 0 saturated carbocycles. The van der Waals surface area contributed by atoms with Crippen molar-refractivity contribution in [2.75, 3.05) is 13.1 Å². The second-order valence-electron chi connectivity index (χ2n) is 3.59. The van der Waals surface area contributed by atoms with Crippen LogP contribution in [0.25, 0.3) is 0 Å². The molecule has 1 saturated heterocycles. The van der Waals surface area contributed by atoms with Crippen molar-refractivity contribution in [2.45, 2.75) is 6.42 Å². The van der Waals surface area contributed by atoms with Crippen LogP contribution in [0.4, 0.5) is 0 Å². The molecule has 0 atom stereocenters. The van der Waals surface area contributed by atoms with Gasteiger partial charge in [0.2, 0.25) is 5.28 Å². The minimum atomic E-state index is -1.20. The summed E-state index contributed by atoms with van der Waals surface area (Å²) in [7, 11) is 1.46. The van der Waals surface area contributed by atoms with Crippen LogP contribution >= 0.6 is 11.6 Å². The summed E-state index contributed by atoms with van der Waals surface area (Å²) in [6.07, 6.45) is 0.939. The van der Waals surface area contributed by atoms with E-state index >= 15 is 0 Å². The van der Waals surface area contributed by atoms with Crippen molar-refractivity contribution in [1.29, 1.82) is 0 Å². The van der Waals surface area contributed by atoms with Gasteiger partial charge in [0.15, 0.2) is 11.4 Å². The third-order valence-corrected chi connectivity index (χ3v) is 2.93. The first-order valence-corrected chi connectivity index (χ1v) is 5.15. The summed E-state index contributed by atoms with van der Waals surface area (Å²) in [6, 6.07) is 0. The Bertz CT molecular complexity index is 465. The van der Waals surface area contributed by atoms with E-state index in [-0.39, 0.29) is 22.6 Å². The Morgan fingerprint density at radius 2 is 2.06 bits per heavy atom. The summed E-state index contributed by atoms with van der Waals surface area (Å²) in [4.78, 5) is 28.2. The van der Waals surface area contributed by atoms with E-state index in [0.717, 1.165) is 6.42 Å². The normalized spacial score (nSPS) is 14.8. The van der Waals surface area contributed by atoms with Gasteiger partial charge in [-0.1, -0.05) is 0 Å². The fourth-order valence-corrected chi connectivity index (χ4v) is 1.70. The van der Waals surface area contributed by atoms with Crippen LogP contribution < -0.4 is 0 Å². The Kier molecular flexibility index (Phi) is 2.59. The summed E-state index contributed by atoms with van der Waals surface area (Å²) in [5.74, 6) is -1.57. The first-order valence-electron chi connectivity index (χ1n) is 4.77. The smallest absolute Gasteiger partial charge is 0.355 e. The van der Waals surface area contributed by atoms with Crippen LogP contribution in [0.1, 0.15) is 27.4 Å². The molecule has 6 nitrogen and oxygen atoms in total. The zero-order valence-corrected chi connectivity index (χ0v) is 9.36. The number of aromatic carboxylic acids is 1. The minimum Gasteiger partial charge on any atom is -0.476 e. The molecule has 0 unspecified atom stereocenters. The van der Waals surface area contributed by atoms with Gasteiger partial charge in [0, 0.05) is 20.1 Å². The predicted molar refractivity (Wildman–Crippen MR) is 55.7 cm³/mol. The highest BCUT2D eigenvalue weighted by molar-refractivity contribution is 6.29. The lowest BCUT2D eigenvalue weighted by atomic mass is 10.2. The van der Waals surface area contributed by atoms with Gasteiger partial charge in [-0.25, -0.2) is 9.78 Å². The first-order chi connectivity index (χ1) is 7.52. The molecular formula is C9H10ClN3O3. The number of nitrogens with zero attached hydrogens (tertiary/aromatic N) is 3. The van der Waals surface area contributed by atoms with Gasteiger partial charge in [-0.15, -0.1) is 0 Å². The van der Waals surface area contributed by atoms with Gasteiger partial charge in [-0.3, -0.25) is 4.79 Å². The number of imidazole rings is 1. The SMILES string of the molecule is Cn1c(Cl)nc(C(=O)N2CCC2)c1C(=O)O. The van der Waals surface area contributed by atoms with Crippen molar-refractivity contribution >= 4 is 23.5 Å². The number of hydrogen-bond donors (Lipinski definition) is 1. The monoisotopic (exact) mass is 243 g/mol. The molecule has 1 N–H and O–H groups in total. The third-order valence-electron chi connectivity index (χ3n) is 2.59. The Balaban J connectivity index is 2.43. The molecule has 0 spiro atoms. The number of carbonyl (C=O) groups excluding carboxylic acids is 1. The lowest BCUT2D eigenvalue weighted by Gasteiger charge is -2.30. The van der Waals surface area contributed by atoms with Crippen LogP contribution in [0.3, 0.4) is 0 Å². The fourth-order valence-electron chi connectivity index (χ4n) is 1.53. The quantitative estimate of drug-likeness (QED) is 0.826. The molecule has 1 aliphatic rings. The average Bonchev–Trinajstić information content (AvgIpc) is 2.40. The van der Waals surface area contributed by atoms with E-state index in [0.29, 0.717) is 13.1 Å². The molecule has 1 amide bonds. The molecule has 1 fully saturated rings. The summed E-state index contributed by atoms with van der Waals surface area (Å²) < 4.78 is 1.19. The molecule has 1 aromatic heterocycles. The largest absolute Gasteiger partial charge is 0.476 e. The Morgan fingerprint density at radius 1 is 1.44 bits per heavy atom. The zero-order valence-electron chi connectivity index (χ0n) is 8.60. The lowest BCUT2D eigenvalue weighted by molar-refractivity contribution is 0.0617. The van der Waals surface area contributed by atoms with E-state index in [9.17, 15) is 9.59 Å². The second kappa shape index (κ2) is 3.79. The summed E-state index contributed by atoms with van der Waals surface area (Å²) >= 11 is 5.71. The number of aromatic nitrogens is 2. The van der Waals surface area contributed by atoms with Gasteiger partial charge in [-0.05, 0) is 18.0 Å². The maximum absolute atomic E-state index is 11.8. The van der Waals surface area contributed by atoms with Crippen LogP contribution in [0.15, 0.2) is 0 Å². The van der Waals surface area contributed by atoms with Gasteiger partial charge >= 0.3 is 5.97 Å². The maximum atomic E-state index is 11.8. The van der Waals surface area contributed by atoms with Crippen molar-refractivity contribution in [3.8, 4) is 0 Å². The number of halogens is 1. The van der Waals surface area contributed by atoms with Gasteiger partial charge in [0.05, 0.1) is 0 Å². The molecule has 16 heavy (non-hydrogen) atoms. The maximum Gasteiger partial charge on any atom is 0.355 e. The number of amides is 1. The average molecular weight is 244 g/mol.